The molecule has 2 aromatic rings. The molecule has 1 atom stereocenters. The number of nitrogens with zero attached hydrogens (tertiary/aromatic N) is 1. The minimum absolute atomic E-state index is 0.125. The van der Waals surface area contributed by atoms with Crippen molar-refractivity contribution < 1.29 is 19.0 Å². The van der Waals surface area contributed by atoms with Crippen molar-refractivity contribution in [3.63, 3.8) is 0 Å². The summed E-state index contributed by atoms with van der Waals surface area (Å²) in [5, 5.41) is 2.91. The molecule has 27 heavy (non-hydrogen) atoms. The number of para-hydroxylation sites is 1. The van der Waals surface area contributed by atoms with E-state index in [0.29, 0.717) is 30.3 Å². The molecule has 146 valence electrons. The van der Waals surface area contributed by atoms with Gasteiger partial charge in [-0.25, -0.2) is 0 Å². The molecule has 1 amide bonds. The number of methoxy groups -OCH3 is 2. The molecule has 2 aromatic carbocycles. The highest BCUT2D eigenvalue weighted by atomic mass is 16.5. The lowest BCUT2D eigenvalue weighted by molar-refractivity contribution is -0.120. The van der Waals surface area contributed by atoms with Crippen LogP contribution < -0.4 is 19.5 Å². The SMILES string of the molecule is COc1ccc(OC)c(NC(=O)C(C)N(C)CCOc2ccccc2C)c1. The van der Waals surface area contributed by atoms with Crippen LogP contribution in [0.25, 0.3) is 0 Å². The number of carbonyl (C=O) groups excluding carboxylic acids is 1. The average molecular weight is 372 g/mol. The summed E-state index contributed by atoms with van der Waals surface area (Å²) in [6.07, 6.45) is 0. The quantitative estimate of drug-likeness (QED) is 0.731. The van der Waals surface area contributed by atoms with Crippen LogP contribution in [0.5, 0.6) is 17.2 Å². The van der Waals surface area contributed by atoms with Gasteiger partial charge in [-0.05, 0) is 44.7 Å². The van der Waals surface area contributed by atoms with Gasteiger partial charge in [0.2, 0.25) is 5.91 Å². The van der Waals surface area contributed by atoms with Gasteiger partial charge in [-0.15, -0.1) is 0 Å². The maximum Gasteiger partial charge on any atom is 0.241 e. The van der Waals surface area contributed by atoms with Crippen LogP contribution >= 0.6 is 0 Å². The van der Waals surface area contributed by atoms with Gasteiger partial charge in [-0.2, -0.15) is 0 Å². The Morgan fingerprint density at radius 1 is 1.11 bits per heavy atom. The highest BCUT2D eigenvalue weighted by Crippen LogP contribution is 2.29. The molecule has 0 aliphatic heterocycles. The molecule has 1 N–H and O–H groups in total. The van der Waals surface area contributed by atoms with Crippen molar-refractivity contribution in [1.82, 2.24) is 4.90 Å². The van der Waals surface area contributed by atoms with E-state index in [4.69, 9.17) is 14.2 Å². The maximum absolute atomic E-state index is 12.6. The summed E-state index contributed by atoms with van der Waals surface area (Å²) in [5.74, 6) is 1.98. The summed E-state index contributed by atoms with van der Waals surface area (Å²) in [6.45, 7) is 4.99. The minimum Gasteiger partial charge on any atom is -0.497 e. The van der Waals surface area contributed by atoms with Gasteiger partial charge < -0.3 is 19.5 Å². The Kier molecular flexibility index (Phi) is 7.49. The van der Waals surface area contributed by atoms with E-state index < -0.39 is 0 Å². The lowest BCUT2D eigenvalue weighted by Crippen LogP contribution is -2.41. The van der Waals surface area contributed by atoms with Gasteiger partial charge in [-0.1, -0.05) is 18.2 Å². The van der Waals surface area contributed by atoms with E-state index in [0.717, 1.165) is 11.3 Å². The van der Waals surface area contributed by atoms with Crippen LogP contribution in [0.4, 0.5) is 5.69 Å². The fourth-order valence-corrected chi connectivity index (χ4v) is 2.56. The fraction of sp³-hybridized carbons (Fsp3) is 0.381. The molecule has 0 radical (unpaired) electrons. The number of amides is 1. The summed E-state index contributed by atoms with van der Waals surface area (Å²) in [7, 11) is 5.04. The first kappa shape index (κ1) is 20.6. The molecule has 6 nitrogen and oxygen atoms in total. The van der Waals surface area contributed by atoms with Gasteiger partial charge in [0.05, 0.1) is 25.9 Å². The van der Waals surface area contributed by atoms with Crippen LogP contribution in [0.3, 0.4) is 0 Å². The smallest absolute Gasteiger partial charge is 0.241 e. The highest BCUT2D eigenvalue weighted by molar-refractivity contribution is 5.96. The molecule has 1 unspecified atom stereocenters. The van der Waals surface area contributed by atoms with Crippen molar-refractivity contribution in [2.24, 2.45) is 0 Å². The van der Waals surface area contributed by atoms with E-state index in [1.54, 1.807) is 32.4 Å². The zero-order valence-corrected chi connectivity index (χ0v) is 16.6. The molecule has 0 aromatic heterocycles. The number of rotatable bonds is 9. The molecule has 0 spiro atoms. The van der Waals surface area contributed by atoms with E-state index in [1.165, 1.54) is 0 Å². The Balaban J connectivity index is 1.91. The molecule has 0 saturated heterocycles. The predicted molar refractivity (Wildman–Crippen MR) is 107 cm³/mol. The van der Waals surface area contributed by atoms with Crippen molar-refractivity contribution >= 4 is 11.6 Å². The number of benzene rings is 2. The van der Waals surface area contributed by atoms with Crippen LogP contribution in [0.2, 0.25) is 0 Å². The van der Waals surface area contributed by atoms with E-state index >= 15 is 0 Å². The maximum atomic E-state index is 12.6. The summed E-state index contributed by atoms with van der Waals surface area (Å²) in [4.78, 5) is 14.6. The third-order valence-electron chi connectivity index (χ3n) is 4.50. The van der Waals surface area contributed by atoms with Crippen LogP contribution in [0, 0.1) is 6.92 Å². The lowest BCUT2D eigenvalue weighted by Gasteiger charge is -2.24. The van der Waals surface area contributed by atoms with Gasteiger partial charge in [0, 0.05) is 12.6 Å². The molecule has 0 aliphatic carbocycles. The largest absolute Gasteiger partial charge is 0.497 e. The lowest BCUT2D eigenvalue weighted by atomic mass is 10.2. The normalized spacial score (nSPS) is 11.8. The zero-order chi connectivity index (χ0) is 19.8. The molecule has 2 rings (SSSR count). The second-order valence-corrected chi connectivity index (χ2v) is 6.33. The Morgan fingerprint density at radius 3 is 2.52 bits per heavy atom. The number of nitrogens with one attached hydrogen (secondary N) is 1. The molecule has 0 aliphatic rings. The first-order valence-electron chi connectivity index (χ1n) is 8.87. The number of likely N-dealkylation sites (N-methyl/N-ethyl adjacent to an activating group) is 1. The highest BCUT2D eigenvalue weighted by Gasteiger charge is 2.19. The van der Waals surface area contributed by atoms with Gasteiger partial charge in [0.25, 0.3) is 0 Å². The van der Waals surface area contributed by atoms with Crippen LogP contribution in [-0.2, 0) is 4.79 Å². The molecule has 0 bridgehead atoms. The van der Waals surface area contributed by atoms with Gasteiger partial charge >= 0.3 is 0 Å². The van der Waals surface area contributed by atoms with Crippen molar-refractivity contribution in [2.45, 2.75) is 19.9 Å². The fourth-order valence-electron chi connectivity index (χ4n) is 2.56. The molecular formula is C21H28N2O4. The summed E-state index contributed by atoms with van der Waals surface area (Å²) in [6, 6.07) is 12.8. The summed E-state index contributed by atoms with van der Waals surface area (Å²) < 4.78 is 16.3. The Labute approximate surface area is 161 Å². The Bertz CT molecular complexity index is 764. The second-order valence-electron chi connectivity index (χ2n) is 6.33. The van der Waals surface area contributed by atoms with E-state index in [1.807, 2.05) is 50.1 Å². The summed E-state index contributed by atoms with van der Waals surface area (Å²) >= 11 is 0. The topological polar surface area (TPSA) is 60.0 Å². The molecule has 0 fully saturated rings. The molecule has 0 saturated carbocycles. The predicted octanol–water partition coefficient (Wildman–Crippen LogP) is 3.35. The average Bonchev–Trinajstić information content (AvgIpc) is 2.68. The first-order chi connectivity index (χ1) is 13.0. The van der Waals surface area contributed by atoms with Gasteiger partial charge in [0.1, 0.15) is 23.9 Å². The monoisotopic (exact) mass is 372 g/mol. The van der Waals surface area contributed by atoms with Gasteiger partial charge in [-0.3, -0.25) is 9.69 Å². The van der Waals surface area contributed by atoms with Gasteiger partial charge in [0.15, 0.2) is 0 Å². The second kappa shape index (κ2) is 9.83. The van der Waals surface area contributed by atoms with Crippen molar-refractivity contribution in [1.29, 1.82) is 0 Å². The van der Waals surface area contributed by atoms with Crippen LogP contribution in [0.1, 0.15) is 12.5 Å². The third kappa shape index (κ3) is 5.62. The van der Waals surface area contributed by atoms with Crippen LogP contribution in [0.15, 0.2) is 42.5 Å². The van der Waals surface area contributed by atoms with E-state index in [2.05, 4.69) is 5.32 Å². The first-order valence-corrected chi connectivity index (χ1v) is 8.87. The van der Waals surface area contributed by atoms with E-state index in [-0.39, 0.29) is 11.9 Å². The standard InChI is InChI=1S/C21H28N2O4/c1-15-8-6-7-9-19(15)27-13-12-23(3)16(2)21(24)22-18-14-17(25-4)10-11-20(18)26-5/h6-11,14,16H,12-13H2,1-5H3,(H,22,24). The number of anilines is 1. The van der Waals surface area contributed by atoms with Crippen LogP contribution in [-0.4, -0.2) is 51.3 Å². The summed E-state index contributed by atoms with van der Waals surface area (Å²) in [5.41, 5.74) is 1.68. The number of carbonyl (C=O) groups is 1. The van der Waals surface area contributed by atoms with Crippen molar-refractivity contribution in [3.05, 3.63) is 48.0 Å². The Morgan fingerprint density at radius 2 is 1.85 bits per heavy atom. The van der Waals surface area contributed by atoms with Crippen molar-refractivity contribution in [3.8, 4) is 17.2 Å². The third-order valence-corrected chi connectivity index (χ3v) is 4.50. The zero-order valence-electron chi connectivity index (χ0n) is 16.6. The Hall–Kier alpha value is -2.73. The molecular weight excluding hydrogens is 344 g/mol. The molecule has 6 heteroatoms. The molecule has 0 heterocycles. The number of aryl methyl sites for hydroxylation is 1. The number of ether oxygens (including phenoxy) is 3. The van der Waals surface area contributed by atoms with Crippen molar-refractivity contribution in [2.75, 3.05) is 39.7 Å². The van der Waals surface area contributed by atoms with E-state index in [9.17, 15) is 4.79 Å². The number of hydrogen-bond acceptors (Lipinski definition) is 5. The number of hydrogen-bond donors (Lipinski definition) is 1. The minimum atomic E-state index is -0.332.